The number of nitro groups is 1. The van der Waals surface area contributed by atoms with Crippen LogP contribution in [0.2, 0.25) is 20.1 Å². The molecule has 0 radical (unpaired) electrons. The van der Waals surface area contributed by atoms with Crippen LogP contribution in [0.25, 0.3) is 0 Å². The Morgan fingerprint density at radius 3 is 1.84 bits per heavy atom. The maximum absolute atomic E-state index is 12.7. The minimum atomic E-state index is -4.56. The molecule has 18 heteroatoms. The van der Waals surface area contributed by atoms with E-state index in [-0.39, 0.29) is 49.1 Å². The third kappa shape index (κ3) is 10.6. The van der Waals surface area contributed by atoms with Gasteiger partial charge >= 0.3 is 24.1 Å². The third-order valence-corrected chi connectivity index (χ3v) is 7.12. The van der Waals surface area contributed by atoms with Gasteiger partial charge in [-0.05, 0) is 67.6 Å². The number of hydrogen-bond acceptors (Lipinski definition) is 9. The van der Waals surface area contributed by atoms with Gasteiger partial charge < -0.3 is 24.1 Å². The van der Waals surface area contributed by atoms with Gasteiger partial charge in [0.05, 0.1) is 38.2 Å². The Bertz CT molecular complexity index is 1910. The highest BCUT2D eigenvalue weighted by atomic mass is 35.5. The molecule has 0 unspecified atom stereocenters. The molecule has 0 aliphatic heterocycles. The molecule has 0 amide bonds. The number of carbonyl (C=O) groups excluding carboxylic acids is 2. The molecule has 4 aromatic rings. The SMILES string of the molecule is COC(=O)c1cc(Oc2ccc(Cl)cc2Cl)ccc1[N+](=O)[O-].C[C@H](OC(=O)c1cc(Oc2ccc(C(F)(F)F)cc2Cl)ccc1Cl)C(=O)O. The Balaban J connectivity index is 0.000000271. The van der Waals surface area contributed by atoms with Crippen molar-refractivity contribution in [3.05, 3.63) is 120 Å². The Morgan fingerprint density at radius 1 is 0.776 bits per heavy atom. The first-order valence-corrected chi connectivity index (χ1v) is 14.7. The molecular formula is C31H20Cl4F3NO10. The molecular weight excluding hydrogens is 745 g/mol. The fourth-order valence-electron chi connectivity index (χ4n) is 3.58. The maximum Gasteiger partial charge on any atom is 0.416 e. The lowest BCUT2D eigenvalue weighted by molar-refractivity contribution is -0.385. The van der Waals surface area contributed by atoms with Gasteiger partial charge in [0.25, 0.3) is 5.69 Å². The van der Waals surface area contributed by atoms with Crippen molar-refractivity contribution < 1.29 is 56.5 Å². The molecule has 1 atom stereocenters. The summed E-state index contributed by atoms with van der Waals surface area (Å²) in [7, 11) is 1.13. The molecule has 258 valence electrons. The number of nitrogens with zero attached hydrogens (tertiary/aromatic N) is 1. The molecule has 0 aliphatic carbocycles. The van der Waals surface area contributed by atoms with Crippen LogP contribution in [-0.2, 0) is 20.4 Å². The Hall–Kier alpha value is -4.76. The molecule has 0 bridgehead atoms. The number of aliphatic carboxylic acids is 1. The average molecular weight is 765 g/mol. The van der Waals surface area contributed by atoms with Crippen LogP contribution < -0.4 is 9.47 Å². The monoisotopic (exact) mass is 763 g/mol. The standard InChI is InChI=1S/C17H11Cl2F3O5.C14H9Cl2NO5/c1-8(15(23)24)26-16(25)11-7-10(3-4-12(11)18)27-14-5-2-9(6-13(14)19)17(20,21)22;1-21-14(18)10-7-9(3-4-12(10)17(19)20)22-13-5-2-8(15)6-11(13)16/h2-8H,1H3,(H,23,24);2-7H,1H3/t8-;/m0./s1. The third-order valence-electron chi connectivity index (χ3n) is 5.97. The number of ether oxygens (including phenoxy) is 4. The van der Waals surface area contributed by atoms with Crippen molar-refractivity contribution in [3.63, 3.8) is 0 Å². The number of hydrogen-bond donors (Lipinski definition) is 1. The second-order valence-electron chi connectivity index (χ2n) is 9.38. The Kier molecular flexibility index (Phi) is 13.1. The van der Waals surface area contributed by atoms with Crippen LogP contribution in [0.3, 0.4) is 0 Å². The quantitative estimate of drug-likeness (QED) is 0.0990. The number of rotatable bonds is 9. The van der Waals surface area contributed by atoms with Crippen LogP contribution in [0.5, 0.6) is 23.0 Å². The summed E-state index contributed by atoms with van der Waals surface area (Å²) in [6.07, 6.45) is -5.96. The van der Waals surface area contributed by atoms with Crippen LogP contribution in [0.4, 0.5) is 18.9 Å². The van der Waals surface area contributed by atoms with Gasteiger partial charge in [0.1, 0.15) is 28.6 Å². The Labute approximate surface area is 294 Å². The van der Waals surface area contributed by atoms with Gasteiger partial charge in [-0.3, -0.25) is 10.1 Å². The molecule has 4 rings (SSSR count). The summed E-state index contributed by atoms with van der Waals surface area (Å²) in [5, 5.41) is 20.1. The first-order valence-electron chi connectivity index (χ1n) is 13.2. The van der Waals surface area contributed by atoms with Gasteiger partial charge in [-0.1, -0.05) is 46.4 Å². The number of esters is 2. The summed E-state index contributed by atoms with van der Waals surface area (Å²) < 4.78 is 58.2. The van der Waals surface area contributed by atoms with Gasteiger partial charge in [0.2, 0.25) is 0 Å². The fourth-order valence-corrected chi connectivity index (χ4v) is 4.44. The van der Waals surface area contributed by atoms with Gasteiger partial charge in [0, 0.05) is 17.2 Å². The van der Waals surface area contributed by atoms with E-state index in [0.29, 0.717) is 16.8 Å². The van der Waals surface area contributed by atoms with E-state index in [2.05, 4.69) is 4.74 Å². The summed E-state index contributed by atoms with van der Waals surface area (Å²) in [5.41, 5.74) is -1.70. The number of nitro benzene ring substituents is 1. The van der Waals surface area contributed by atoms with E-state index < -0.39 is 40.7 Å². The fraction of sp³-hybridized carbons (Fsp3) is 0.129. The number of methoxy groups -OCH3 is 1. The van der Waals surface area contributed by atoms with Crippen LogP contribution in [0, 0.1) is 10.1 Å². The van der Waals surface area contributed by atoms with E-state index in [4.69, 9.17) is 65.7 Å². The van der Waals surface area contributed by atoms with E-state index in [1.54, 1.807) is 12.1 Å². The molecule has 11 nitrogen and oxygen atoms in total. The highest BCUT2D eigenvalue weighted by molar-refractivity contribution is 6.35. The zero-order chi connectivity index (χ0) is 36.6. The minimum absolute atomic E-state index is 0.0246. The zero-order valence-corrected chi connectivity index (χ0v) is 27.7. The average Bonchev–Trinajstić information content (AvgIpc) is 3.03. The summed E-state index contributed by atoms with van der Waals surface area (Å²) in [6.45, 7) is 1.16. The number of carboxylic acids is 1. The molecule has 0 aromatic heterocycles. The second-order valence-corrected chi connectivity index (χ2v) is 11.0. The van der Waals surface area contributed by atoms with E-state index in [1.165, 1.54) is 30.3 Å². The van der Waals surface area contributed by atoms with Crippen LogP contribution >= 0.6 is 46.4 Å². The molecule has 0 aliphatic rings. The maximum atomic E-state index is 12.7. The smallest absolute Gasteiger partial charge is 0.416 e. The summed E-state index contributed by atoms with van der Waals surface area (Å²) in [5.74, 6) is -2.71. The van der Waals surface area contributed by atoms with Gasteiger partial charge in [0.15, 0.2) is 6.10 Å². The van der Waals surface area contributed by atoms with Crippen molar-refractivity contribution in [1.29, 1.82) is 0 Å². The number of halogens is 7. The van der Waals surface area contributed by atoms with E-state index in [0.717, 1.165) is 38.3 Å². The summed E-state index contributed by atoms with van der Waals surface area (Å²) in [4.78, 5) is 44.7. The predicted octanol–water partition coefficient (Wildman–Crippen LogP) is 9.91. The van der Waals surface area contributed by atoms with Gasteiger partial charge in [-0.2, -0.15) is 13.2 Å². The topological polar surface area (TPSA) is 152 Å². The van der Waals surface area contributed by atoms with Crippen LogP contribution in [-0.4, -0.2) is 41.2 Å². The minimum Gasteiger partial charge on any atom is -0.479 e. The van der Waals surface area contributed by atoms with Crippen molar-refractivity contribution in [3.8, 4) is 23.0 Å². The van der Waals surface area contributed by atoms with Crippen molar-refractivity contribution in [1.82, 2.24) is 0 Å². The van der Waals surface area contributed by atoms with E-state index in [9.17, 15) is 37.7 Å². The molecule has 0 saturated heterocycles. The number of benzene rings is 4. The lowest BCUT2D eigenvalue weighted by atomic mass is 10.1. The highest BCUT2D eigenvalue weighted by Crippen LogP contribution is 2.37. The number of carbonyl (C=O) groups is 3. The predicted molar refractivity (Wildman–Crippen MR) is 171 cm³/mol. The van der Waals surface area contributed by atoms with Crippen molar-refractivity contribution in [2.45, 2.75) is 19.2 Å². The molecule has 0 spiro atoms. The first kappa shape index (κ1) is 38.7. The number of alkyl halides is 3. The second kappa shape index (κ2) is 16.6. The van der Waals surface area contributed by atoms with Crippen molar-refractivity contribution in [2.24, 2.45) is 0 Å². The van der Waals surface area contributed by atoms with Gasteiger partial charge in [-0.15, -0.1) is 0 Å². The summed E-state index contributed by atoms with van der Waals surface area (Å²) >= 11 is 23.5. The van der Waals surface area contributed by atoms with Gasteiger partial charge in [-0.25, -0.2) is 14.4 Å². The molecule has 0 saturated carbocycles. The van der Waals surface area contributed by atoms with Crippen molar-refractivity contribution >= 4 is 70.0 Å². The lowest BCUT2D eigenvalue weighted by Gasteiger charge is -2.13. The zero-order valence-electron chi connectivity index (χ0n) is 24.7. The normalized spacial score (nSPS) is 11.4. The highest BCUT2D eigenvalue weighted by Gasteiger charge is 2.31. The molecule has 0 fully saturated rings. The largest absolute Gasteiger partial charge is 0.479 e. The lowest BCUT2D eigenvalue weighted by Crippen LogP contribution is -2.23. The molecule has 1 N–H and O–H groups in total. The van der Waals surface area contributed by atoms with Crippen LogP contribution in [0.1, 0.15) is 33.2 Å². The van der Waals surface area contributed by atoms with E-state index in [1.807, 2.05) is 0 Å². The summed E-state index contributed by atoms with van der Waals surface area (Å²) in [6, 6.07) is 14.7. The van der Waals surface area contributed by atoms with Crippen LogP contribution in [0.15, 0.2) is 72.8 Å². The first-order chi connectivity index (χ1) is 22.9. The van der Waals surface area contributed by atoms with Crippen molar-refractivity contribution in [2.75, 3.05) is 7.11 Å². The molecule has 0 heterocycles. The molecule has 4 aromatic carbocycles. The molecule has 49 heavy (non-hydrogen) atoms. The Morgan fingerprint density at radius 2 is 1.33 bits per heavy atom. The number of carboxylic acid groups (broad SMARTS) is 1. The van der Waals surface area contributed by atoms with E-state index >= 15 is 0 Å².